The zero-order valence-electron chi connectivity index (χ0n) is 35.7. The van der Waals surface area contributed by atoms with Gasteiger partial charge < -0.3 is 25.2 Å². The van der Waals surface area contributed by atoms with Gasteiger partial charge in [0.2, 0.25) is 5.91 Å². The number of nitrogens with zero attached hydrogens (tertiary/aromatic N) is 2. The lowest BCUT2D eigenvalue weighted by Crippen LogP contribution is -2.53. The van der Waals surface area contributed by atoms with Crippen LogP contribution in [0.3, 0.4) is 0 Å². The zero-order valence-corrected chi connectivity index (χ0v) is 35.7. The number of esters is 1. The van der Waals surface area contributed by atoms with Crippen molar-refractivity contribution in [2.75, 3.05) is 6.61 Å². The fraction of sp³-hybridized carbons (Fsp3) is 0.447. The maximum atomic E-state index is 13.8. The number of hydrogen-bond acceptors (Lipinski definition) is 8. The van der Waals surface area contributed by atoms with Gasteiger partial charge in [0.1, 0.15) is 23.4 Å². The number of carboxylic acid groups (broad SMARTS) is 1. The molecule has 11 nitrogen and oxygen atoms in total. The normalized spacial score (nSPS) is 12.3. The fourth-order valence-corrected chi connectivity index (χ4v) is 5.88. The standard InChI is InChI=1S/C45H56N4O7.C2H6/c1-8-9-10-11-12-25-55-36-23-19-31(20-24-36)34-28-46-40(47-29-34)32-15-13-30(14-16-32)26-37(48-41(52)33-17-21-35(22-18-33)44(2,3)4)42(53)49-38(27-39(50)51)43(54)56-45(5,6)7;1-2/h13-24,28-29,37-38H,8-12,25-27H2,1-7H3,(H,48,52)(H,49,53)(H,50,51);1-2H3. The molecule has 0 spiro atoms. The number of amides is 2. The van der Waals surface area contributed by atoms with Gasteiger partial charge in [-0.05, 0) is 73.6 Å². The van der Waals surface area contributed by atoms with E-state index in [-0.39, 0.29) is 11.8 Å². The van der Waals surface area contributed by atoms with Crippen molar-refractivity contribution in [2.45, 2.75) is 130 Å². The van der Waals surface area contributed by atoms with Gasteiger partial charge in [0, 0.05) is 35.5 Å². The van der Waals surface area contributed by atoms with Crippen LogP contribution in [0, 0.1) is 0 Å². The second-order valence-electron chi connectivity index (χ2n) is 16.0. The van der Waals surface area contributed by atoms with Gasteiger partial charge in [-0.3, -0.25) is 14.4 Å². The molecular weight excluding hydrogens is 733 g/mol. The number of carbonyl (C=O) groups is 4. The summed E-state index contributed by atoms with van der Waals surface area (Å²) >= 11 is 0. The van der Waals surface area contributed by atoms with Crippen LogP contribution in [-0.4, -0.2) is 63.1 Å². The molecule has 3 N–H and O–H groups in total. The van der Waals surface area contributed by atoms with Crippen LogP contribution in [0.25, 0.3) is 22.5 Å². The molecule has 0 saturated carbocycles. The Morgan fingerprint density at radius 3 is 1.84 bits per heavy atom. The van der Waals surface area contributed by atoms with Crippen molar-refractivity contribution in [1.82, 2.24) is 20.6 Å². The maximum Gasteiger partial charge on any atom is 0.329 e. The fourth-order valence-electron chi connectivity index (χ4n) is 5.88. The Kier molecular flexibility index (Phi) is 18.1. The van der Waals surface area contributed by atoms with Gasteiger partial charge in [-0.2, -0.15) is 0 Å². The summed E-state index contributed by atoms with van der Waals surface area (Å²) in [5.74, 6) is -2.06. The molecule has 0 fully saturated rings. The van der Waals surface area contributed by atoms with Crippen LogP contribution in [-0.2, 0) is 31.0 Å². The number of aromatic nitrogens is 2. The highest BCUT2D eigenvalue weighted by atomic mass is 16.6. The Labute approximate surface area is 344 Å². The molecule has 4 rings (SSSR count). The lowest BCUT2D eigenvalue weighted by Gasteiger charge is -2.26. The lowest BCUT2D eigenvalue weighted by atomic mass is 9.86. The summed E-state index contributed by atoms with van der Waals surface area (Å²) in [7, 11) is 0. The largest absolute Gasteiger partial charge is 0.494 e. The smallest absolute Gasteiger partial charge is 0.329 e. The van der Waals surface area contributed by atoms with E-state index in [0.29, 0.717) is 23.6 Å². The Hall–Kier alpha value is -5.58. The Balaban J connectivity index is 0.00000443. The number of nitrogens with one attached hydrogen (secondary N) is 2. The monoisotopic (exact) mass is 794 g/mol. The molecule has 2 unspecified atom stereocenters. The third-order valence-corrected chi connectivity index (χ3v) is 9.03. The highest BCUT2D eigenvalue weighted by molar-refractivity contribution is 5.98. The average Bonchev–Trinajstić information content (AvgIpc) is 3.19. The molecule has 0 bridgehead atoms. The van der Waals surface area contributed by atoms with Crippen LogP contribution in [0.5, 0.6) is 5.75 Å². The lowest BCUT2D eigenvalue weighted by molar-refractivity contribution is -0.161. The van der Waals surface area contributed by atoms with Gasteiger partial charge in [0.05, 0.1) is 13.0 Å². The third kappa shape index (κ3) is 15.4. The molecule has 3 aromatic carbocycles. The first-order valence-corrected chi connectivity index (χ1v) is 20.3. The van der Waals surface area contributed by atoms with Crippen LogP contribution in [0.2, 0.25) is 0 Å². The minimum atomic E-state index is -1.47. The molecule has 4 aromatic rings. The van der Waals surface area contributed by atoms with E-state index >= 15 is 0 Å². The van der Waals surface area contributed by atoms with E-state index in [1.54, 1.807) is 45.3 Å². The number of ether oxygens (including phenoxy) is 2. The van der Waals surface area contributed by atoms with Crippen molar-refractivity contribution in [3.05, 3.63) is 102 Å². The van der Waals surface area contributed by atoms with E-state index in [9.17, 15) is 24.3 Å². The minimum Gasteiger partial charge on any atom is -0.494 e. The van der Waals surface area contributed by atoms with Crippen molar-refractivity contribution in [2.24, 2.45) is 0 Å². The Morgan fingerprint density at radius 1 is 0.707 bits per heavy atom. The molecule has 0 aliphatic carbocycles. The van der Waals surface area contributed by atoms with Crippen molar-refractivity contribution >= 4 is 23.8 Å². The number of rotatable bonds is 18. The summed E-state index contributed by atoms with van der Waals surface area (Å²) in [4.78, 5) is 61.0. The molecule has 0 aliphatic rings. The predicted molar refractivity (Wildman–Crippen MR) is 229 cm³/mol. The van der Waals surface area contributed by atoms with Crippen molar-refractivity contribution in [3.63, 3.8) is 0 Å². The van der Waals surface area contributed by atoms with E-state index in [1.165, 1.54) is 25.7 Å². The first-order valence-electron chi connectivity index (χ1n) is 20.3. The van der Waals surface area contributed by atoms with Crippen LogP contribution >= 0.6 is 0 Å². The summed E-state index contributed by atoms with van der Waals surface area (Å²) in [6, 6.07) is 19.7. The van der Waals surface area contributed by atoms with E-state index in [0.717, 1.165) is 34.4 Å². The van der Waals surface area contributed by atoms with E-state index in [1.807, 2.05) is 74.5 Å². The van der Waals surface area contributed by atoms with Crippen LogP contribution < -0.4 is 15.4 Å². The maximum absolute atomic E-state index is 13.8. The number of carboxylic acids is 1. The van der Waals surface area contributed by atoms with Gasteiger partial charge >= 0.3 is 11.9 Å². The zero-order chi connectivity index (χ0) is 42.9. The van der Waals surface area contributed by atoms with Gasteiger partial charge in [-0.1, -0.05) is 116 Å². The average molecular weight is 795 g/mol. The van der Waals surface area contributed by atoms with Gasteiger partial charge in [-0.15, -0.1) is 0 Å². The number of hydrogen-bond donors (Lipinski definition) is 3. The van der Waals surface area contributed by atoms with Crippen molar-refractivity contribution in [3.8, 4) is 28.3 Å². The molecule has 312 valence electrons. The molecule has 0 radical (unpaired) electrons. The number of benzene rings is 3. The van der Waals surface area contributed by atoms with E-state index < -0.39 is 47.9 Å². The highest BCUT2D eigenvalue weighted by Gasteiger charge is 2.32. The molecule has 58 heavy (non-hydrogen) atoms. The minimum absolute atomic E-state index is 0.0460. The Morgan fingerprint density at radius 2 is 1.29 bits per heavy atom. The van der Waals surface area contributed by atoms with Crippen molar-refractivity contribution in [1.29, 1.82) is 0 Å². The number of aliphatic carboxylic acids is 1. The summed E-state index contributed by atoms with van der Waals surface area (Å²) < 4.78 is 11.3. The van der Waals surface area contributed by atoms with Crippen molar-refractivity contribution < 1.29 is 33.8 Å². The predicted octanol–water partition coefficient (Wildman–Crippen LogP) is 9.13. The highest BCUT2D eigenvalue weighted by Crippen LogP contribution is 2.25. The first-order chi connectivity index (χ1) is 27.5. The second kappa shape index (κ2) is 22.4. The molecule has 2 amide bonds. The van der Waals surface area contributed by atoms with Crippen LogP contribution in [0.1, 0.15) is 122 Å². The Bertz CT molecular complexity index is 1900. The molecular formula is C47H62N4O7. The summed E-state index contributed by atoms with van der Waals surface area (Å²) in [6.07, 6.45) is 8.83. The first kappa shape index (κ1) is 46.8. The van der Waals surface area contributed by atoms with Gasteiger partial charge in [0.15, 0.2) is 5.82 Å². The summed E-state index contributed by atoms with van der Waals surface area (Å²) in [5, 5.41) is 14.8. The van der Waals surface area contributed by atoms with Crippen LogP contribution in [0.4, 0.5) is 0 Å². The summed E-state index contributed by atoms with van der Waals surface area (Å²) in [6.45, 7) is 18.1. The molecule has 1 heterocycles. The molecule has 2 atom stereocenters. The third-order valence-electron chi connectivity index (χ3n) is 9.03. The topological polar surface area (TPSA) is 157 Å². The van der Waals surface area contributed by atoms with E-state index in [4.69, 9.17) is 9.47 Å². The molecule has 0 saturated heterocycles. The quantitative estimate of drug-likeness (QED) is 0.0660. The number of carbonyl (C=O) groups excluding carboxylic acids is 3. The second-order valence-corrected chi connectivity index (χ2v) is 16.0. The summed E-state index contributed by atoms with van der Waals surface area (Å²) in [5.41, 5.74) is 3.63. The van der Waals surface area contributed by atoms with Gasteiger partial charge in [-0.25, -0.2) is 14.8 Å². The molecule has 0 aliphatic heterocycles. The SMILES string of the molecule is CC.CCCCCCCOc1ccc(-c2cnc(-c3ccc(CC(NC(=O)c4ccc(C(C)(C)C)cc4)C(=O)NC(CC(=O)O)C(=O)OC(C)(C)C)cc3)nc2)cc1. The number of unbranched alkanes of at least 4 members (excludes halogenated alkanes) is 4. The van der Waals surface area contributed by atoms with Gasteiger partial charge in [0.25, 0.3) is 5.91 Å². The van der Waals surface area contributed by atoms with Crippen LogP contribution in [0.15, 0.2) is 85.2 Å². The molecule has 11 heteroatoms. The molecule has 1 aromatic heterocycles. The van der Waals surface area contributed by atoms with E-state index in [2.05, 4.69) is 48.3 Å².